The highest BCUT2D eigenvalue weighted by Gasteiger charge is 2.69. The van der Waals surface area contributed by atoms with Crippen LogP contribution in [0.5, 0.6) is 0 Å². The Kier molecular flexibility index (Phi) is 7.20. The molecule has 4 fully saturated rings. The summed E-state index contributed by atoms with van der Waals surface area (Å²) in [4.78, 5) is 14.4. The van der Waals surface area contributed by atoms with Gasteiger partial charge in [0.1, 0.15) is 5.78 Å². The normalized spacial score (nSPS) is 40.2. The van der Waals surface area contributed by atoms with Crippen LogP contribution in [0.15, 0.2) is 66.7 Å². The first kappa shape index (κ1) is 28.9. The molecule has 4 saturated carbocycles. The van der Waals surface area contributed by atoms with Gasteiger partial charge in [-0.3, -0.25) is 4.79 Å². The molecule has 0 bridgehead atoms. The molecule has 0 aromatic heterocycles. The maximum atomic E-state index is 14.4. The predicted octanol–water partition coefficient (Wildman–Crippen LogP) is 9.37. The van der Waals surface area contributed by atoms with Crippen LogP contribution in [0.4, 0.5) is 0 Å². The number of benzene rings is 2. The van der Waals surface area contributed by atoms with Crippen molar-refractivity contribution in [3.05, 3.63) is 77.9 Å². The molecule has 0 heterocycles. The minimum atomic E-state index is -0.252. The van der Waals surface area contributed by atoms with Gasteiger partial charge in [-0.25, -0.2) is 0 Å². The zero-order valence-corrected chi connectivity index (χ0v) is 26.3. The number of hydrogen-bond acceptors (Lipinski definition) is 2. The quantitative estimate of drug-likeness (QED) is 0.401. The molecule has 2 nitrogen and oxygen atoms in total. The molecule has 1 N–H and O–H groups in total. The fraction of sp³-hybridized carbons (Fsp3) is 0.615. The lowest BCUT2D eigenvalue weighted by molar-refractivity contribution is -0.200. The van der Waals surface area contributed by atoms with Crippen LogP contribution in [0.2, 0.25) is 0 Å². The average Bonchev–Trinajstić information content (AvgIpc) is 3.23. The lowest BCUT2D eigenvalue weighted by atomic mass is 9.37. The highest BCUT2D eigenvalue weighted by molar-refractivity contribution is 5.85. The van der Waals surface area contributed by atoms with Gasteiger partial charge in [-0.2, -0.15) is 0 Å². The number of aliphatic hydroxyl groups excluding tert-OH is 1. The van der Waals surface area contributed by atoms with Gasteiger partial charge >= 0.3 is 0 Å². The van der Waals surface area contributed by atoms with Crippen LogP contribution < -0.4 is 0 Å². The summed E-state index contributed by atoms with van der Waals surface area (Å²) >= 11 is 0. The lowest BCUT2D eigenvalue weighted by Crippen LogP contribution is -2.64. The lowest BCUT2D eigenvalue weighted by Gasteiger charge is -2.66. The summed E-state index contributed by atoms with van der Waals surface area (Å²) in [5.74, 6) is 2.66. The van der Waals surface area contributed by atoms with E-state index in [0.29, 0.717) is 29.5 Å². The number of fused-ring (bicyclic) bond motifs is 5. The Bertz CT molecular complexity index is 1250. The van der Waals surface area contributed by atoms with Gasteiger partial charge in [0.05, 0.1) is 6.10 Å². The molecule has 4 aliphatic rings. The Labute approximate surface area is 249 Å². The molecule has 4 aliphatic carbocycles. The summed E-state index contributed by atoms with van der Waals surface area (Å²) in [5.41, 5.74) is 4.00. The maximum absolute atomic E-state index is 14.4. The van der Waals surface area contributed by atoms with Crippen LogP contribution in [0, 0.1) is 51.2 Å². The molecule has 2 aromatic carbocycles. The number of ketones is 1. The van der Waals surface area contributed by atoms with Crippen molar-refractivity contribution in [1.29, 1.82) is 0 Å². The summed E-state index contributed by atoms with van der Waals surface area (Å²) in [5, 5.41) is 10.9. The number of rotatable bonds is 5. The predicted molar refractivity (Wildman–Crippen MR) is 169 cm³/mol. The second-order valence-electron chi connectivity index (χ2n) is 15.8. The van der Waals surface area contributed by atoms with Crippen molar-refractivity contribution >= 4 is 11.4 Å². The zero-order chi connectivity index (χ0) is 29.2. The van der Waals surface area contributed by atoms with Crippen molar-refractivity contribution < 1.29 is 9.90 Å². The van der Waals surface area contributed by atoms with E-state index in [1.165, 1.54) is 29.5 Å². The number of carbonyl (C=O) groups excluding carboxylic acids is 1. The van der Waals surface area contributed by atoms with Gasteiger partial charge in [-0.1, -0.05) is 108 Å². The van der Waals surface area contributed by atoms with Gasteiger partial charge in [-0.15, -0.1) is 0 Å². The van der Waals surface area contributed by atoms with Gasteiger partial charge in [0.25, 0.3) is 0 Å². The Morgan fingerprint density at radius 1 is 0.854 bits per heavy atom. The Hall–Kier alpha value is -2.19. The summed E-state index contributed by atoms with van der Waals surface area (Å²) in [7, 11) is 0. The number of Topliss-reactive ketones (excluding diaryl/α,β-unsaturated/α-hetero) is 1. The van der Waals surface area contributed by atoms with Crippen LogP contribution in [-0.2, 0) is 4.79 Å². The second-order valence-corrected chi connectivity index (χ2v) is 15.8. The fourth-order valence-electron chi connectivity index (χ4n) is 11.3. The first-order valence-corrected chi connectivity index (χ1v) is 16.5. The van der Waals surface area contributed by atoms with Crippen molar-refractivity contribution in [2.45, 2.75) is 99.0 Å². The van der Waals surface area contributed by atoms with Gasteiger partial charge in [0.15, 0.2) is 0 Å². The zero-order valence-electron chi connectivity index (χ0n) is 26.3. The van der Waals surface area contributed by atoms with Crippen LogP contribution in [0.1, 0.15) is 104 Å². The smallest absolute Gasteiger partial charge is 0.137 e. The van der Waals surface area contributed by atoms with Gasteiger partial charge in [0, 0.05) is 12.3 Å². The summed E-state index contributed by atoms with van der Waals surface area (Å²) in [6, 6.07) is 21.6. The van der Waals surface area contributed by atoms with Crippen LogP contribution in [0.3, 0.4) is 0 Å². The highest BCUT2D eigenvalue weighted by atomic mass is 16.3. The SMILES string of the molecule is CC(CC=C(c1ccccc1)c1ccccc1)[C@H]1CC[C@@]2(C)[C@@H]3CC[C@H]4C(C)(C)C(O)CC[C@]4(C)C3C(=O)C[C@]12C. The van der Waals surface area contributed by atoms with E-state index < -0.39 is 0 Å². The number of allylic oxidation sites excluding steroid dienone is 1. The molecule has 0 radical (unpaired) electrons. The van der Waals surface area contributed by atoms with Crippen molar-refractivity contribution in [3.8, 4) is 0 Å². The van der Waals surface area contributed by atoms with Crippen LogP contribution in [-0.4, -0.2) is 17.0 Å². The molecular formula is C39H52O2. The largest absolute Gasteiger partial charge is 0.393 e. The Morgan fingerprint density at radius 2 is 1.46 bits per heavy atom. The molecule has 2 heteroatoms. The third-order valence-electron chi connectivity index (χ3n) is 13.7. The van der Waals surface area contributed by atoms with Crippen LogP contribution in [0.25, 0.3) is 5.57 Å². The summed E-state index contributed by atoms with van der Waals surface area (Å²) < 4.78 is 0. The Balaban J connectivity index is 1.28. The molecule has 0 aliphatic heterocycles. The molecule has 0 spiro atoms. The first-order valence-electron chi connectivity index (χ1n) is 16.5. The van der Waals surface area contributed by atoms with Crippen molar-refractivity contribution in [3.63, 3.8) is 0 Å². The third kappa shape index (κ3) is 4.33. The van der Waals surface area contributed by atoms with Crippen molar-refractivity contribution in [1.82, 2.24) is 0 Å². The van der Waals surface area contributed by atoms with E-state index in [-0.39, 0.29) is 33.7 Å². The van der Waals surface area contributed by atoms with E-state index >= 15 is 0 Å². The minimum absolute atomic E-state index is 0.0137. The highest BCUT2D eigenvalue weighted by Crippen LogP contribution is 2.73. The van der Waals surface area contributed by atoms with E-state index in [9.17, 15) is 9.90 Å². The number of carbonyl (C=O) groups is 1. The van der Waals surface area contributed by atoms with Crippen LogP contribution >= 0.6 is 0 Å². The minimum Gasteiger partial charge on any atom is -0.393 e. The molecule has 6 rings (SSSR count). The van der Waals surface area contributed by atoms with Crippen molar-refractivity contribution in [2.24, 2.45) is 51.2 Å². The molecule has 2 aromatic rings. The summed E-state index contributed by atoms with van der Waals surface area (Å²) in [6.45, 7) is 14.5. The Morgan fingerprint density at radius 3 is 2.07 bits per heavy atom. The molecule has 41 heavy (non-hydrogen) atoms. The second kappa shape index (κ2) is 10.2. The molecule has 0 saturated heterocycles. The maximum Gasteiger partial charge on any atom is 0.137 e. The number of aliphatic hydroxyl groups is 1. The molecule has 3 unspecified atom stereocenters. The van der Waals surface area contributed by atoms with Gasteiger partial charge in [0.2, 0.25) is 0 Å². The van der Waals surface area contributed by atoms with Gasteiger partial charge < -0.3 is 5.11 Å². The topological polar surface area (TPSA) is 37.3 Å². The molecule has 9 atom stereocenters. The number of hydrogen-bond donors (Lipinski definition) is 1. The molecule has 220 valence electrons. The van der Waals surface area contributed by atoms with Gasteiger partial charge in [-0.05, 0) is 107 Å². The summed E-state index contributed by atoms with van der Waals surface area (Å²) in [6.07, 6.45) is 10.6. The van der Waals surface area contributed by atoms with E-state index in [1.807, 2.05) is 0 Å². The van der Waals surface area contributed by atoms with E-state index in [2.05, 4.69) is 108 Å². The van der Waals surface area contributed by atoms with E-state index in [1.54, 1.807) is 0 Å². The molecular weight excluding hydrogens is 500 g/mol. The van der Waals surface area contributed by atoms with E-state index in [4.69, 9.17) is 0 Å². The third-order valence-corrected chi connectivity index (χ3v) is 13.7. The monoisotopic (exact) mass is 552 g/mol. The van der Waals surface area contributed by atoms with Crippen molar-refractivity contribution in [2.75, 3.05) is 0 Å². The average molecular weight is 553 g/mol. The first-order chi connectivity index (χ1) is 19.4. The fourth-order valence-corrected chi connectivity index (χ4v) is 11.3. The molecule has 0 amide bonds. The standard InChI is InChI=1S/C39H52O2/c1-26(17-18-29(27-13-9-7-10-14-27)28-15-11-8-12-16-28)30-21-24-38(5)31-19-20-33-36(2,3)34(41)22-23-37(33,4)35(31)32(40)25-39(30,38)6/h7-16,18,26,30-31,33-35,41H,17,19-25H2,1-6H3/t26?,30-,31-,33+,34?,35?,37+,38+,39-/m1/s1. The van der Waals surface area contributed by atoms with E-state index in [0.717, 1.165) is 38.5 Å².